The Labute approximate surface area is 208 Å². The second-order valence-electron chi connectivity index (χ2n) is 8.76. The van der Waals surface area contributed by atoms with Crippen molar-refractivity contribution in [1.29, 1.82) is 0 Å². The van der Waals surface area contributed by atoms with E-state index in [1.54, 1.807) is 37.7 Å². The molecule has 1 aromatic heterocycles. The molecule has 9 heteroatoms. The van der Waals surface area contributed by atoms with E-state index in [-0.39, 0.29) is 5.91 Å². The third kappa shape index (κ3) is 4.79. The number of carbonyl (C=O) groups is 3. The summed E-state index contributed by atoms with van der Waals surface area (Å²) in [5.41, 5.74) is 2.68. The molecule has 35 heavy (non-hydrogen) atoms. The molecule has 2 saturated heterocycles. The van der Waals surface area contributed by atoms with Gasteiger partial charge in [0.25, 0.3) is 5.91 Å². The minimum atomic E-state index is -0.474. The van der Waals surface area contributed by atoms with Gasteiger partial charge in [-0.05, 0) is 37.1 Å². The van der Waals surface area contributed by atoms with E-state index >= 15 is 0 Å². The van der Waals surface area contributed by atoms with E-state index in [1.807, 2.05) is 42.5 Å². The highest BCUT2D eigenvalue weighted by atomic mass is 35.5. The number of para-hydroxylation sites is 1. The molecule has 0 atom stereocenters. The Kier molecular flexibility index (Phi) is 6.55. The van der Waals surface area contributed by atoms with Gasteiger partial charge in [0.05, 0.1) is 11.3 Å². The fourth-order valence-electron chi connectivity index (χ4n) is 4.54. The second kappa shape index (κ2) is 9.92. The molecule has 0 radical (unpaired) electrons. The van der Waals surface area contributed by atoms with Gasteiger partial charge in [-0.3, -0.25) is 14.4 Å². The summed E-state index contributed by atoms with van der Waals surface area (Å²) < 4.78 is 1.70. The van der Waals surface area contributed by atoms with Gasteiger partial charge in [0.2, 0.25) is 0 Å². The minimum absolute atomic E-state index is 0.157. The first-order chi connectivity index (χ1) is 17.0. The monoisotopic (exact) mass is 491 g/mol. The van der Waals surface area contributed by atoms with Crippen molar-refractivity contribution in [2.45, 2.75) is 12.8 Å². The molecule has 0 spiro atoms. The van der Waals surface area contributed by atoms with Crippen LogP contribution in [0.2, 0.25) is 5.02 Å². The smallest absolute Gasteiger partial charge is 0.312 e. The molecule has 0 unspecified atom stereocenters. The van der Waals surface area contributed by atoms with Crippen molar-refractivity contribution in [3.8, 4) is 16.9 Å². The van der Waals surface area contributed by atoms with E-state index in [1.165, 1.54) is 0 Å². The van der Waals surface area contributed by atoms with Crippen LogP contribution in [-0.4, -0.2) is 81.5 Å². The third-order valence-electron chi connectivity index (χ3n) is 6.51. The van der Waals surface area contributed by atoms with E-state index in [0.717, 1.165) is 24.1 Å². The molecular weight excluding hydrogens is 466 g/mol. The van der Waals surface area contributed by atoms with Crippen molar-refractivity contribution in [3.63, 3.8) is 0 Å². The van der Waals surface area contributed by atoms with Crippen LogP contribution < -0.4 is 0 Å². The number of nitrogens with zero attached hydrogens (tertiary/aromatic N) is 5. The highest BCUT2D eigenvalue weighted by molar-refractivity contribution is 6.35. The van der Waals surface area contributed by atoms with Gasteiger partial charge in [-0.25, -0.2) is 4.68 Å². The number of carbonyl (C=O) groups excluding carboxylic acids is 3. The SMILES string of the molecule is O=C(C(=O)N1CCN(C(=O)c2cn(-c3ccccc3)nc2-c2ccc(Cl)cc2)CC1)N1CCCC1. The standard InChI is InChI=1S/C26H26ClN5O3/c27-20-10-8-19(9-11-20)23-22(18-32(28-23)21-6-2-1-3-7-21)24(33)30-14-16-31(17-15-30)26(35)25(34)29-12-4-5-13-29/h1-3,6-11,18H,4-5,12-17H2. The van der Waals surface area contributed by atoms with E-state index in [0.29, 0.717) is 55.5 Å². The summed E-state index contributed by atoms with van der Waals surface area (Å²) >= 11 is 6.07. The van der Waals surface area contributed by atoms with Gasteiger partial charge in [-0.15, -0.1) is 0 Å². The quantitative estimate of drug-likeness (QED) is 0.527. The second-order valence-corrected chi connectivity index (χ2v) is 9.20. The molecule has 2 aliphatic heterocycles. The number of piperazine rings is 1. The molecule has 0 aliphatic carbocycles. The number of hydrogen-bond donors (Lipinski definition) is 0. The largest absolute Gasteiger partial charge is 0.335 e. The first-order valence-electron chi connectivity index (χ1n) is 11.8. The van der Waals surface area contributed by atoms with Crippen molar-refractivity contribution in [1.82, 2.24) is 24.5 Å². The number of hydrogen-bond acceptors (Lipinski definition) is 4. The summed E-state index contributed by atoms with van der Waals surface area (Å²) in [6.45, 7) is 2.65. The molecular formula is C26H26ClN5O3. The van der Waals surface area contributed by atoms with E-state index in [2.05, 4.69) is 0 Å². The van der Waals surface area contributed by atoms with Crippen LogP contribution in [0.25, 0.3) is 16.9 Å². The lowest BCUT2D eigenvalue weighted by atomic mass is 10.1. The summed E-state index contributed by atoms with van der Waals surface area (Å²) in [5.74, 6) is -1.07. The molecule has 0 saturated carbocycles. The Bertz CT molecular complexity index is 1230. The highest BCUT2D eigenvalue weighted by Gasteiger charge is 2.33. The molecule has 2 fully saturated rings. The van der Waals surface area contributed by atoms with Gasteiger partial charge in [-0.2, -0.15) is 5.10 Å². The molecule has 3 amide bonds. The number of rotatable bonds is 3. The van der Waals surface area contributed by atoms with E-state index in [4.69, 9.17) is 16.7 Å². The van der Waals surface area contributed by atoms with Gasteiger partial charge >= 0.3 is 11.8 Å². The van der Waals surface area contributed by atoms with Crippen LogP contribution in [0.5, 0.6) is 0 Å². The van der Waals surface area contributed by atoms with Crippen molar-refractivity contribution in [2.75, 3.05) is 39.3 Å². The van der Waals surface area contributed by atoms with Crippen LogP contribution >= 0.6 is 11.6 Å². The molecule has 0 N–H and O–H groups in total. The topological polar surface area (TPSA) is 78.8 Å². The lowest BCUT2D eigenvalue weighted by molar-refractivity contribution is -0.152. The first kappa shape index (κ1) is 23.1. The fraction of sp³-hybridized carbons (Fsp3) is 0.308. The third-order valence-corrected chi connectivity index (χ3v) is 6.77. The number of likely N-dealkylation sites (tertiary alicyclic amines) is 1. The van der Waals surface area contributed by atoms with E-state index in [9.17, 15) is 14.4 Å². The van der Waals surface area contributed by atoms with Gasteiger partial charge in [0.15, 0.2) is 0 Å². The normalized spacial score (nSPS) is 16.0. The first-order valence-corrected chi connectivity index (χ1v) is 12.2. The number of halogens is 1. The van der Waals surface area contributed by atoms with Gasteiger partial charge in [0, 0.05) is 56.1 Å². The molecule has 180 valence electrons. The van der Waals surface area contributed by atoms with Crippen LogP contribution in [0.4, 0.5) is 0 Å². The Morgan fingerprint density at radius 2 is 1.29 bits per heavy atom. The highest BCUT2D eigenvalue weighted by Crippen LogP contribution is 2.27. The Balaban J connectivity index is 1.35. The van der Waals surface area contributed by atoms with Crippen LogP contribution in [0.15, 0.2) is 60.8 Å². The van der Waals surface area contributed by atoms with Crippen LogP contribution in [0.3, 0.4) is 0 Å². The molecule has 8 nitrogen and oxygen atoms in total. The zero-order chi connectivity index (χ0) is 24.4. The average Bonchev–Trinajstić information content (AvgIpc) is 3.60. The Hall–Kier alpha value is -3.65. The summed E-state index contributed by atoms with van der Waals surface area (Å²) in [6.07, 6.45) is 3.62. The Morgan fingerprint density at radius 3 is 1.91 bits per heavy atom. The van der Waals surface area contributed by atoms with Crippen LogP contribution in [0.1, 0.15) is 23.2 Å². The minimum Gasteiger partial charge on any atom is -0.335 e. The van der Waals surface area contributed by atoms with Gasteiger partial charge < -0.3 is 14.7 Å². The predicted molar refractivity (Wildman–Crippen MR) is 132 cm³/mol. The molecule has 2 aliphatic rings. The van der Waals surface area contributed by atoms with Crippen molar-refractivity contribution in [3.05, 3.63) is 71.4 Å². The zero-order valence-corrected chi connectivity index (χ0v) is 20.0. The maximum absolute atomic E-state index is 13.6. The predicted octanol–water partition coefficient (Wildman–Crippen LogP) is 3.10. The summed E-state index contributed by atoms with van der Waals surface area (Å²) in [5, 5.41) is 5.32. The molecule has 3 aromatic rings. The number of amides is 3. The van der Waals surface area contributed by atoms with Crippen molar-refractivity contribution in [2.24, 2.45) is 0 Å². The van der Waals surface area contributed by atoms with Crippen molar-refractivity contribution >= 4 is 29.3 Å². The summed E-state index contributed by atoms with van der Waals surface area (Å²) in [7, 11) is 0. The molecule has 3 heterocycles. The number of benzene rings is 2. The maximum Gasteiger partial charge on any atom is 0.312 e. The molecule has 5 rings (SSSR count). The van der Waals surface area contributed by atoms with Crippen LogP contribution in [-0.2, 0) is 9.59 Å². The van der Waals surface area contributed by atoms with E-state index < -0.39 is 11.8 Å². The zero-order valence-electron chi connectivity index (χ0n) is 19.3. The van der Waals surface area contributed by atoms with Gasteiger partial charge in [0.1, 0.15) is 5.69 Å². The Morgan fingerprint density at radius 1 is 0.714 bits per heavy atom. The fourth-order valence-corrected chi connectivity index (χ4v) is 4.66. The molecule has 2 aromatic carbocycles. The van der Waals surface area contributed by atoms with Gasteiger partial charge in [-0.1, -0.05) is 41.9 Å². The summed E-state index contributed by atoms with van der Waals surface area (Å²) in [6, 6.07) is 16.8. The molecule has 0 bridgehead atoms. The number of aromatic nitrogens is 2. The average molecular weight is 492 g/mol. The lowest BCUT2D eigenvalue weighted by Gasteiger charge is -2.35. The summed E-state index contributed by atoms with van der Waals surface area (Å²) in [4.78, 5) is 43.6. The maximum atomic E-state index is 13.6. The van der Waals surface area contributed by atoms with Crippen LogP contribution in [0, 0.1) is 0 Å². The lowest BCUT2D eigenvalue weighted by Crippen LogP contribution is -2.54. The van der Waals surface area contributed by atoms with Crippen molar-refractivity contribution < 1.29 is 14.4 Å².